The maximum atomic E-state index is 12.4. The van der Waals surface area contributed by atoms with Gasteiger partial charge in [0.2, 0.25) is 5.71 Å². The van der Waals surface area contributed by atoms with Crippen molar-refractivity contribution in [1.82, 2.24) is 14.9 Å². The number of aryl methyl sites for hydroxylation is 2. The van der Waals surface area contributed by atoms with E-state index in [9.17, 15) is 4.79 Å². The van der Waals surface area contributed by atoms with Gasteiger partial charge in [-0.3, -0.25) is 0 Å². The lowest BCUT2D eigenvalue weighted by Gasteiger charge is -2.30. The molecule has 0 amide bonds. The van der Waals surface area contributed by atoms with E-state index >= 15 is 0 Å². The van der Waals surface area contributed by atoms with Crippen LogP contribution in [0.15, 0.2) is 4.42 Å². The number of hydrogen-bond donors (Lipinski definition) is 1. The summed E-state index contributed by atoms with van der Waals surface area (Å²) in [7, 11) is 0. The number of fused-ring (bicyclic) bond motifs is 1. The zero-order valence-corrected chi connectivity index (χ0v) is 16.1. The Morgan fingerprint density at radius 2 is 2.04 bits per heavy atom. The predicted molar refractivity (Wildman–Crippen MR) is 101 cm³/mol. The Morgan fingerprint density at radius 3 is 2.73 bits per heavy atom. The third-order valence-electron chi connectivity index (χ3n) is 4.92. The van der Waals surface area contributed by atoms with E-state index in [0.717, 1.165) is 32.1 Å². The number of carbonyl (C=O) groups is 1. The highest BCUT2D eigenvalue weighted by Gasteiger charge is 2.24. The summed E-state index contributed by atoms with van der Waals surface area (Å²) in [5, 5.41) is 3.99. The summed E-state index contributed by atoms with van der Waals surface area (Å²) in [6.45, 7) is 12.0. The van der Waals surface area contributed by atoms with E-state index in [2.05, 4.69) is 27.1 Å². The van der Waals surface area contributed by atoms with Gasteiger partial charge in [-0.25, -0.2) is 9.78 Å². The second-order valence-electron chi connectivity index (χ2n) is 7.00. The molecule has 7 heteroatoms. The van der Waals surface area contributed by atoms with Gasteiger partial charge >= 0.3 is 5.97 Å². The zero-order chi connectivity index (χ0) is 18.7. The van der Waals surface area contributed by atoms with Crippen LogP contribution in [0.1, 0.15) is 48.6 Å². The fraction of sp³-hybridized carbons (Fsp3) is 0.632. The van der Waals surface area contributed by atoms with Gasteiger partial charge in [0.05, 0.1) is 12.0 Å². The largest absolute Gasteiger partial charge is 0.462 e. The summed E-state index contributed by atoms with van der Waals surface area (Å²) >= 11 is 0. The van der Waals surface area contributed by atoms with Gasteiger partial charge in [-0.05, 0) is 52.6 Å². The minimum Gasteiger partial charge on any atom is -0.462 e. The van der Waals surface area contributed by atoms with Crippen molar-refractivity contribution < 1.29 is 13.9 Å². The molecular formula is C19H28N4O3. The van der Waals surface area contributed by atoms with E-state index < -0.39 is 5.97 Å². The zero-order valence-electron chi connectivity index (χ0n) is 16.1. The van der Waals surface area contributed by atoms with Crippen LogP contribution in [0.2, 0.25) is 0 Å². The van der Waals surface area contributed by atoms with Crippen LogP contribution in [0.3, 0.4) is 0 Å². The Hall–Kier alpha value is -2.15. The quantitative estimate of drug-likeness (QED) is 0.793. The first-order valence-electron chi connectivity index (χ1n) is 9.40. The lowest BCUT2D eigenvalue weighted by Crippen LogP contribution is -2.36. The second kappa shape index (κ2) is 8.03. The predicted octanol–water partition coefficient (Wildman–Crippen LogP) is 3.16. The molecule has 0 atom stereocenters. The van der Waals surface area contributed by atoms with Crippen molar-refractivity contribution in [2.45, 2.75) is 40.5 Å². The van der Waals surface area contributed by atoms with Crippen molar-refractivity contribution in [3.05, 3.63) is 17.1 Å². The number of nitrogens with one attached hydrogen (secondary N) is 1. The molecule has 26 heavy (non-hydrogen) atoms. The van der Waals surface area contributed by atoms with Crippen LogP contribution in [0.4, 0.5) is 5.82 Å². The number of ether oxygens (including phenoxy) is 1. The summed E-state index contributed by atoms with van der Waals surface area (Å²) in [5.74, 6) is 2.17. The van der Waals surface area contributed by atoms with Gasteiger partial charge in [0.1, 0.15) is 23.0 Å². The molecule has 3 rings (SSSR count). The van der Waals surface area contributed by atoms with E-state index in [0.29, 0.717) is 40.7 Å². The first-order valence-corrected chi connectivity index (χ1v) is 9.40. The Morgan fingerprint density at radius 1 is 1.31 bits per heavy atom. The number of likely N-dealkylation sites (tertiary alicyclic amines) is 1. The maximum absolute atomic E-state index is 12.4. The van der Waals surface area contributed by atoms with Crippen molar-refractivity contribution in [3.63, 3.8) is 0 Å². The molecule has 142 valence electrons. The topological polar surface area (TPSA) is 80.5 Å². The molecule has 2 aromatic rings. The smallest absolute Gasteiger partial charge is 0.342 e. The van der Waals surface area contributed by atoms with Crippen molar-refractivity contribution >= 4 is 22.9 Å². The van der Waals surface area contributed by atoms with Crippen molar-refractivity contribution in [2.24, 2.45) is 5.92 Å². The number of anilines is 1. The van der Waals surface area contributed by atoms with Crippen LogP contribution < -0.4 is 5.32 Å². The average Bonchev–Trinajstić information content (AvgIpc) is 2.92. The monoisotopic (exact) mass is 360 g/mol. The molecule has 0 spiro atoms. The normalized spacial score (nSPS) is 16.2. The fourth-order valence-electron chi connectivity index (χ4n) is 3.41. The second-order valence-corrected chi connectivity index (χ2v) is 7.00. The molecule has 7 nitrogen and oxygen atoms in total. The van der Waals surface area contributed by atoms with E-state index in [4.69, 9.17) is 9.15 Å². The minimum atomic E-state index is -0.399. The first-order chi connectivity index (χ1) is 12.5. The maximum Gasteiger partial charge on any atom is 0.342 e. The molecule has 3 heterocycles. The number of aromatic nitrogens is 2. The molecule has 0 unspecified atom stereocenters. The number of furan rings is 1. The molecule has 1 aliphatic heterocycles. The summed E-state index contributed by atoms with van der Waals surface area (Å²) in [4.78, 5) is 23.7. The van der Waals surface area contributed by atoms with Crippen LogP contribution in [0.25, 0.3) is 11.1 Å². The summed E-state index contributed by atoms with van der Waals surface area (Å²) < 4.78 is 10.9. The van der Waals surface area contributed by atoms with Crippen molar-refractivity contribution in [2.75, 3.05) is 38.1 Å². The summed E-state index contributed by atoms with van der Waals surface area (Å²) in [5.41, 5.74) is 0.837. The first kappa shape index (κ1) is 18.6. The standard InChI is InChI=1S/C19H28N4O3/c1-5-25-19(24)15-13(3)26-18-16(15)17(21-14(4)22-18)20-8-11-23-9-6-12(2)7-10-23/h12H,5-11H2,1-4H3,(H,20,21,22). The van der Waals surface area contributed by atoms with E-state index in [-0.39, 0.29) is 0 Å². The van der Waals surface area contributed by atoms with Gasteiger partial charge in [0.15, 0.2) is 0 Å². The Kier molecular flexibility index (Phi) is 5.76. The SMILES string of the molecule is CCOC(=O)c1c(C)oc2nc(C)nc(NCCN3CCC(C)CC3)c12. The highest BCUT2D eigenvalue weighted by atomic mass is 16.5. The molecule has 0 bridgehead atoms. The molecule has 1 N–H and O–H groups in total. The molecule has 1 aliphatic rings. The number of esters is 1. The molecule has 0 aromatic carbocycles. The van der Waals surface area contributed by atoms with Gasteiger partial charge in [-0.1, -0.05) is 6.92 Å². The Labute approximate surface area is 154 Å². The van der Waals surface area contributed by atoms with Crippen LogP contribution in [0, 0.1) is 19.8 Å². The van der Waals surface area contributed by atoms with Crippen molar-refractivity contribution in [3.8, 4) is 0 Å². The third kappa shape index (κ3) is 3.98. The fourth-order valence-corrected chi connectivity index (χ4v) is 3.41. The third-order valence-corrected chi connectivity index (χ3v) is 4.92. The van der Waals surface area contributed by atoms with E-state index in [1.165, 1.54) is 12.8 Å². The van der Waals surface area contributed by atoms with Gasteiger partial charge < -0.3 is 19.4 Å². The molecule has 2 aromatic heterocycles. The highest BCUT2D eigenvalue weighted by Crippen LogP contribution is 2.30. The van der Waals surface area contributed by atoms with E-state index in [1.807, 2.05) is 6.92 Å². The van der Waals surface area contributed by atoms with Gasteiger partial charge in [-0.2, -0.15) is 4.98 Å². The Balaban J connectivity index is 1.79. The highest BCUT2D eigenvalue weighted by molar-refractivity contribution is 6.07. The lowest BCUT2D eigenvalue weighted by atomic mass is 9.99. The van der Waals surface area contributed by atoms with E-state index in [1.54, 1.807) is 13.8 Å². The number of rotatable bonds is 6. The Bertz CT molecular complexity index is 779. The summed E-state index contributed by atoms with van der Waals surface area (Å²) in [6.07, 6.45) is 2.51. The minimum absolute atomic E-state index is 0.313. The van der Waals surface area contributed by atoms with Gasteiger partial charge in [0, 0.05) is 13.1 Å². The number of hydrogen-bond acceptors (Lipinski definition) is 7. The molecule has 0 saturated carbocycles. The molecule has 1 saturated heterocycles. The average molecular weight is 360 g/mol. The van der Waals surface area contributed by atoms with Crippen LogP contribution in [-0.4, -0.2) is 53.6 Å². The van der Waals surface area contributed by atoms with Gasteiger partial charge in [0.25, 0.3) is 0 Å². The molecule has 0 aliphatic carbocycles. The number of nitrogens with zero attached hydrogens (tertiary/aromatic N) is 3. The number of piperidine rings is 1. The van der Waals surface area contributed by atoms with Crippen LogP contribution >= 0.6 is 0 Å². The van der Waals surface area contributed by atoms with Crippen LogP contribution in [-0.2, 0) is 4.74 Å². The van der Waals surface area contributed by atoms with Gasteiger partial charge in [-0.15, -0.1) is 0 Å². The lowest BCUT2D eigenvalue weighted by molar-refractivity contribution is 0.0526. The molecule has 0 radical (unpaired) electrons. The van der Waals surface area contributed by atoms with Crippen LogP contribution in [0.5, 0.6) is 0 Å². The summed E-state index contributed by atoms with van der Waals surface area (Å²) in [6, 6.07) is 0. The number of carbonyl (C=O) groups excluding carboxylic acids is 1. The van der Waals surface area contributed by atoms with Crippen molar-refractivity contribution in [1.29, 1.82) is 0 Å². The molecular weight excluding hydrogens is 332 g/mol. The molecule has 1 fully saturated rings.